The Morgan fingerprint density at radius 1 is 1.17 bits per heavy atom. The van der Waals surface area contributed by atoms with E-state index in [4.69, 9.17) is 4.74 Å². The lowest BCUT2D eigenvalue weighted by atomic mass is 10.00. The van der Waals surface area contributed by atoms with E-state index in [0.29, 0.717) is 12.6 Å². The maximum absolute atomic E-state index is 12.1. The maximum Gasteiger partial charge on any atom is 0.411 e. The van der Waals surface area contributed by atoms with Gasteiger partial charge in [0.2, 0.25) is 0 Å². The molecule has 0 aromatic heterocycles. The summed E-state index contributed by atoms with van der Waals surface area (Å²) in [6.45, 7) is 2.56. The Balaban J connectivity index is 1.77. The zero-order valence-electron chi connectivity index (χ0n) is 10.5. The summed E-state index contributed by atoms with van der Waals surface area (Å²) < 4.78 is 41.3. The molecule has 0 amide bonds. The average molecular weight is 266 g/mol. The van der Waals surface area contributed by atoms with Crippen LogP contribution in [-0.4, -0.2) is 56.0 Å². The second-order valence-electron chi connectivity index (χ2n) is 5.17. The van der Waals surface area contributed by atoms with Crippen LogP contribution in [0.3, 0.4) is 0 Å². The van der Waals surface area contributed by atoms with E-state index in [-0.39, 0.29) is 6.10 Å². The van der Waals surface area contributed by atoms with E-state index >= 15 is 0 Å². The van der Waals surface area contributed by atoms with Crippen molar-refractivity contribution in [1.29, 1.82) is 0 Å². The number of halogens is 3. The van der Waals surface area contributed by atoms with Crippen LogP contribution in [-0.2, 0) is 4.74 Å². The molecule has 1 unspecified atom stereocenters. The van der Waals surface area contributed by atoms with E-state index in [2.05, 4.69) is 10.2 Å². The number of piperidine rings is 2. The van der Waals surface area contributed by atoms with Gasteiger partial charge in [-0.1, -0.05) is 0 Å². The SMILES string of the molecule is FC(F)(F)COC1CCCN(C2CCNCC2)C1. The molecule has 2 fully saturated rings. The normalized spacial score (nSPS) is 28.5. The lowest BCUT2D eigenvalue weighted by molar-refractivity contribution is -0.190. The minimum Gasteiger partial charge on any atom is -0.367 e. The lowest BCUT2D eigenvalue weighted by Gasteiger charge is -2.40. The van der Waals surface area contributed by atoms with Crippen molar-refractivity contribution in [3.8, 4) is 0 Å². The van der Waals surface area contributed by atoms with Crippen molar-refractivity contribution in [2.24, 2.45) is 0 Å². The van der Waals surface area contributed by atoms with Crippen LogP contribution in [0.15, 0.2) is 0 Å². The third kappa shape index (κ3) is 4.40. The molecular weight excluding hydrogens is 245 g/mol. The molecule has 2 rings (SSSR count). The Hall–Kier alpha value is -0.330. The summed E-state index contributed by atoms with van der Waals surface area (Å²) in [6, 6.07) is 0.517. The van der Waals surface area contributed by atoms with E-state index in [0.717, 1.165) is 45.3 Å². The van der Waals surface area contributed by atoms with Gasteiger partial charge in [-0.15, -0.1) is 0 Å². The average Bonchev–Trinajstić information content (AvgIpc) is 2.37. The summed E-state index contributed by atoms with van der Waals surface area (Å²) in [4.78, 5) is 2.31. The number of nitrogens with one attached hydrogen (secondary N) is 1. The van der Waals surface area contributed by atoms with Crippen molar-refractivity contribution in [2.75, 3.05) is 32.8 Å². The van der Waals surface area contributed by atoms with E-state index in [1.54, 1.807) is 0 Å². The van der Waals surface area contributed by atoms with Crippen LogP contribution in [0.2, 0.25) is 0 Å². The molecule has 1 N–H and O–H groups in total. The van der Waals surface area contributed by atoms with Gasteiger partial charge in [0.1, 0.15) is 6.61 Å². The Labute approximate surface area is 106 Å². The van der Waals surface area contributed by atoms with Crippen molar-refractivity contribution in [2.45, 2.75) is 44.0 Å². The van der Waals surface area contributed by atoms with Crippen LogP contribution >= 0.6 is 0 Å². The first-order valence-electron chi connectivity index (χ1n) is 6.68. The molecule has 2 aliphatic rings. The predicted octanol–water partition coefficient (Wildman–Crippen LogP) is 1.78. The predicted molar refractivity (Wildman–Crippen MR) is 62.5 cm³/mol. The monoisotopic (exact) mass is 266 g/mol. The van der Waals surface area contributed by atoms with Crippen LogP contribution in [0, 0.1) is 0 Å². The Morgan fingerprint density at radius 3 is 2.56 bits per heavy atom. The molecule has 0 radical (unpaired) electrons. The highest BCUT2D eigenvalue weighted by Gasteiger charge is 2.32. The molecule has 18 heavy (non-hydrogen) atoms. The molecular formula is C12H21F3N2O. The quantitative estimate of drug-likeness (QED) is 0.842. The van der Waals surface area contributed by atoms with Crippen molar-refractivity contribution in [1.82, 2.24) is 10.2 Å². The molecule has 0 spiro atoms. The van der Waals surface area contributed by atoms with E-state index in [9.17, 15) is 13.2 Å². The third-order valence-electron chi connectivity index (χ3n) is 3.72. The van der Waals surface area contributed by atoms with Crippen LogP contribution in [0.4, 0.5) is 13.2 Å². The van der Waals surface area contributed by atoms with Crippen molar-refractivity contribution >= 4 is 0 Å². The highest BCUT2D eigenvalue weighted by atomic mass is 19.4. The van der Waals surface area contributed by atoms with Crippen molar-refractivity contribution in [3.63, 3.8) is 0 Å². The summed E-state index contributed by atoms with van der Waals surface area (Å²) >= 11 is 0. The molecule has 106 valence electrons. The van der Waals surface area contributed by atoms with Gasteiger partial charge in [-0.25, -0.2) is 0 Å². The largest absolute Gasteiger partial charge is 0.411 e. The van der Waals surface area contributed by atoms with Gasteiger partial charge in [-0.3, -0.25) is 4.90 Å². The number of hydrogen-bond donors (Lipinski definition) is 1. The third-order valence-corrected chi connectivity index (χ3v) is 3.72. The van der Waals surface area contributed by atoms with Crippen LogP contribution in [0.5, 0.6) is 0 Å². The smallest absolute Gasteiger partial charge is 0.367 e. The van der Waals surface area contributed by atoms with E-state index < -0.39 is 12.8 Å². The summed E-state index contributed by atoms with van der Waals surface area (Å²) in [6.07, 6.45) is -0.603. The minimum atomic E-state index is -4.21. The first-order chi connectivity index (χ1) is 8.54. The van der Waals surface area contributed by atoms with E-state index in [1.807, 2.05) is 0 Å². The molecule has 0 aromatic carbocycles. The zero-order valence-corrected chi connectivity index (χ0v) is 10.5. The second-order valence-corrected chi connectivity index (χ2v) is 5.17. The fourth-order valence-corrected chi connectivity index (χ4v) is 2.82. The molecule has 6 heteroatoms. The highest BCUT2D eigenvalue weighted by molar-refractivity contribution is 4.83. The topological polar surface area (TPSA) is 24.5 Å². The van der Waals surface area contributed by atoms with E-state index in [1.165, 1.54) is 0 Å². The van der Waals surface area contributed by atoms with Gasteiger partial charge in [0.15, 0.2) is 0 Å². The first kappa shape index (κ1) is 14.1. The summed E-state index contributed by atoms with van der Waals surface area (Å²) in [5, 5.41) is 3.30. The number of likely N-dealkylation sites (tertiary alicyclic amines) is 1. The molecule has 0 aliphatic carbocycles. The van der Waals surface area contributed by atoms with Gasteiger partial charge >= 0.3 is 6.18 Å². The zero-order chi connectivity index (χ0) is 13.0. The van der Waals surface area contributed by atoms with Crippen LogP contribution < -0.4 is 5.32 Å². The van der Waals surface area contributed by atoms with Gasteiger partial charge in [-0.2, -0.15) is 13.2 Å². The van der Waals surface area contributed by atoms with Gasteiger partial charge in [0.25, 0.3) is 0 Å². The number of alkyl halides is 3. The van der Waals surface area contributed by atoms with Gasteiger partial charge in [-0.05, 0) is 45.3 Å². The van der Waals surface area contributed by atoms with Gasteiger partial charge in [0, 0.05) is 12.6 Å². The molecule has 1 atom stereocenters. The standard InChI is InChI=1S/C12H21F3N2O/c13-12(14,15)9-18-11-2-1-7-17(8-11)10-3-5-16-6-4-10/h10-11,16H,1-9H2. The Bertz CT molecular complexity index is 254. The number of ether oxygens (including phenoxy) is 1. The Morgan fingerprint density at radius 2 is 1.89 bits per heavy atom. The lowest BCUT2D eigenvalue weighted by Crippen LogP contribution is -2.49. The molecule has 2 heterocycles. The molecule has 0 saturated carbocycles. The van der Waals surface area contributed by atoms with Gasteiger partial charge < -0.3 is 10.1 Å². The van der Waals surface area contributed by atoms with Crippen LogP contribution in [0.25, 0.3) is 0 Å². The number of hydrogen-bond acceptors (Lipinski definition) is 3. The van der Waals surface area contributed by atoms with Crippen LogP contribution in [0.1, 0.15) is 25.7 Å². The number of rotatable bonds is 3. The first-order valence-corrected chi connectivity index (χ1v) is 6.68. The van der Waals surface area contributed by atoms with Crippen molar-refractivity contribution in [3.05, 3.63) is 0 Å². The fourth-order valence-electron chi connectivity index (χ4n) is 2.82. The molecule has 2 saturated heterocycles. The summed E-state index contributed by atoms with van der Waals surface area (Å²) in [5.41, 5.74) is 0. The van der Waals surface area contributed by atoms with Gasteiger partial charge in [0.05, 0.1) is 6.10 Å². The second kappa shape index (κ2) is 6.21. The minimum absolute atomic E-state index is 0.254. The highest BCUT2D eigenvalue weighted by Crippen LogP contribution is 2.22. The molecule has 0 aromatic rings. The molecule has 2 aliphatic heterocycles. The molecule has 0 bridgehead atoms. The summed E-state index contributed by atoms with van der Waals surface area (Å²) in [7, 11) is 0. The Kier molecular flexibility index (Phi) is 4.86. The fraction of sp³-hybridized carbons (Fsp3) is 1.00. The molecule has 3 nitrogen and oxygen atoms in total. The van der Waals surface area contributed by atoms with Crippen molar-refractivity contribution < 1.29 is 17.9 Å². The number of nitrogens with zero attached hydrogens (tertiary/aromatic N) is 1. The summed E-state index contributed by atoms with van der Waals surface area (Å²) in [5.74, 6) is 0. The maximum atomic E-state index is 12.1.